The van der Waals surface area contributed by atoms with Crippen LogP contribution in [-0.2, 0) is 12.8 Å². The molecule has 136 valence electrons. The molecule has 0 bridgehead atoms. The van der Waals surface area contributed by atoms with Crippen LogP contribution in [0, 0.1) is 11.8 Å². The van der Waals surface area contributed by atoms with Crippen molar-refractivity contribution in [2.24, 2.45) is 11.8 Å². The molecule has 2 fully saturated rings. The molecule has 1 aromatic rings. The average molecular weight is 344 g/mol. The topological polar surface area (TPSA) is 62.7 Å². The van der Waals surface area contributed by atoms with Crippen molar-refractivity contribution in [1.29, 1.82) is 0 Å². The molecule has 2 aliphatic carbocycles. The Labute approximate surface area is 149 Å². The summed E-state index contributed by atoms with van der Waals surface area (Å²) in [6.07, 6.45) is 6.84. The van der Waals surface area contributed by atoms with Gasteiger partial charge in [0.1, 0.15) is 5.56 Å². The first-order chi connectivity index (χ1) is 12.1. The molecule has 0 unspecified atom stereocenters. The lowest BCUT2D eigenvalue weighted by molar-refractivity contribution is -0.0609. The highest BCUT2D eigenvalue weighted by atomic mass is 16.5. The van der Waals surface area contributed by atoms with E-state index >= 15 is 0 Å². The summed E-state index contributed by atoms with van der Waals surface area (Å²) >= 11 is 0. The van der Waals surface area contributed by atoms with Crippen LogP contribution in [0.15, 0.2) is 6.07 Å². The van der Waals surface area contributed by atoms with E-state index in [-0.39, 0.29) is 11.8 Å². The van der Waals surface area contributed by atoms with Crippen molar-refractivity contribution in [2.45, 2.75) is 57.5 Å². The van der Waals surface area contributed by atoms with Crippen molar-refractivity contribution in [3.05, 3.63) is 22.9 Å². The Morgan fingerprint density at radius 2 is 2.24 bits per heavy atom. The predicted molar refractivity (Wildman–Crippen MR) is 94.8 cm³/mol. The van der Waals surface area contributed by atoms with Gasteiger partial charge in [-0.1, -0.05) is 13.3 Å². The molecule has 5 nitrogen and oxygen atoms in total. The summed E-state index contributed by atoms with van der Waals surface area (Å²) in [6, 6.07) is 1.99. The number of likely N-dealkylation sites (tertiary alicyclic amines) is 1. The average Bonchev–Trinajstić information content (AvgIpc) is 3.27. The van der Waals surface area contributed by atoms with Crippen LogP contribution in [0.25, 0.3) is 0 Å². The number of carbonyl (C=O) groups is 1. The van der Waals surface area contributed by atoms with Crippen LogP contribution in [0.3, 0.4) is 0 Å². The fourth-order valence-electron chi connectivity index (χ4n) is 5.17. The zero-order valence-electron chi connectivity index (χ0n) is 15.3. The molecule has 1 saturated carbocycles. The number of rotatable bonds is 3. The standard InChI is InChI=1S/C20H28N2O3/c1-3-20(24)9-5-7-14-11-22(12-16(14)20)19(23)15-10-13-6-4-8-17(13)21-18(15)25-2/h10,14,16,24H,3-9,11-12H2,1-2H3/t14-,16+,20-/m0/s1. The molecule has 2 heterocycles. The van der Waals surface area contributed by atoms with Gasteiger partial charge in [-0.25, -0.2) is 4.98 Å². The summed E-state index contributed by atoms with van der Waals surface area (Å²) in [6.45, 7) is 3.44. The molecule has 3 atom stereocenters. The van der Waals surface area contributed by atoms with Gasteiger partial charge in [-0.3, -0.25) is 4.79 Å². The van der Waals surface area contributed by atoms with Gasteiger partial charge in [0.15, 0.2) is 0 Å². The highest BCUT2D eigenvalue weighted by Gasteiger charge is 2.49. The van der Waals surface area contributed by atoms with Crippen molar-refractivity contribution >= 4 is 5.91 Å². The first kappa shape index (κ1) is 16.8. The molecule has 0 aromatic carbocycles. The highest BCUT2D eigenvalue weighted by molar-refractivity contribution is 5.97. The number of pyridine rings is 1. The molecule has 25 heavy (non-hydrogen) atoms. The number of fused-ring (bicyclic) bond motifs is 2. The summed E-state index contributed by atoms with van der Waals surface area (Å²) in [5.74, 6) is 1.07. The Hall–Kier alpha value is -1.62. The van der Waals surface area contributed by atoms with Gasteiger partial charge in [-0.2, -0.15) is 0 Å². The second-order valence-electron chi connectivity index (χ2n) is 7.93. The lowest BCUT2D eigenvalue weighted by Gasteiger charge is -2.40. The lowest BCUT2D eigenvalue weighted by atomic mass is 9.69. The third-order valence-electron chi connectivity index (χ3n) is 6.65. The summed E-state index contributed by atoms with van der Waals surface area (Å²) < 4.78 is 5.42. The smallest absolute Gasteiger partial charge is 0.259 e. The van der Waals surface area contributed by atoms with Gasteiger partial charge in [-0.05, 0) is 56.1 Å². The maximum absolute atomic E-state index is 13.2. The largest absolute Gasteiger partial charge is 0.480 e. The molecule has 4 rings (SSSR count). The summed E-state index contributed by atoms with van der Waals surface area (Å²) in [7, 11) is 1.58. The second-order valence-corrected chi connectivity index (χ2v) is 7.93. The number of aryl methyl sites for hydroxylation is 2. The molecular weight excluding hydrogens is 316 g/mol. The van der Waals surface area contributed by atoms with E-state index < -0.39 is 5.60 Å². The Bertz CT molecular complexity index is 690. The minimum absolute atomic E-state index is 0.00639. The maximum atomic E-state index is 13.2. The van der Waals surface area contributed by atoms with Gasteiger partial charge < -0.3 is 14.7 Å². The normalized spacial score (nSPS) is 30.9. The highest BCUT2D eigenvalue weighted by Crippen LogP contribution is 2.44. The van der Waals surface area contributed by atoms with Crippen LogP contribution in [0.4, 0.5) is 0 Å². The number of hydrogen-bond acceptors (Lipinski definition) is 4. The van der Waals surface area contributed by atoms with Gasteiger partial charge >= 0.3 is 0 Å². The van der Waals surface area contributed by atoms with Gasteiger partial charge in [-0.15, -0.1) is 0 Å². The van der Waals surface area contributed by atoms with Crippen molar-refractivity contribution in [2.75, 3.05) is 20.2 Å². The Kier molecular flexibility index (Phi) is 4.22. The first-order valence-electron chi connectivity index (χ1n) is 9.64. The van der Waals surface area contributed by atoms with Crippen LogP contribution in [0.5, 0.6) is 5.88 Å². The Balaban J connectivity index is 1.60. The van der Waals surface area contributed by atoms with Crippen molar-refractivity contribution in [3.63, 3.8) is 0 Å². The molecular formula is C20H28N2O3. The number of methoxy groups -OCH3 is 1. The maximum Gasteiger partial charge on any atom is 0.259 e. The van der Waals surface area contributed by atoms with E-state index in [1.54, 1.807) is 7.11 Å². The molecule has 1 aromatic heterocycles. The molecule has 3 aliphatic rings. The minimum atomic E-state index is -0.613. The van der Waals surface area contributed by atoms with E-state index in [4.69, 9.17) is 4.74 Å². The third-order valence-corrected chi connectivity index (χ3v) is 6.65. The molecule has 1 amide bonds. The van der Waals surface area contributed by atoms with Crippen LogP contribution >= 0.6 is 0 Å². The predicted octanol–water partition coefficient (Wildman–Crippen LogP) is 2.59. The summed E-state index contributed by atoms with van der Waals surface area (Å²) in [5, 5.41) is 11.0. The Morgan fingerprint density at radius 1 is 1.40 bits per heavy atom. The van der Waals surface area contributed by atoms with E-state index in [0.717, 1.165) is 57.2 Å². The quantitative estimate of drug-likeness (QED) is 0.915. The SMILES string of the molecule is CC[C@]1(O)CCC[C@H]2CN(C(=O)c3cc4c(nc3OC)CCC4)C[C@H]21. The van der Waals surface area contributed by atoms with Gasteiger partial charge in [0.25, 0.3) is 5.91 Å². The molecule has 1 saturated heterocycles. The lowest BCUT2D eigenvalue weighted by Crippen LogP contribution is -2.44. The number of ether oxygens (including phenoxy) is 1. The Morgan fingerprint density at radius 3 is 3.00 bits per heavy atom. The number of aromatic nitrogens is 1. The zero-order valence-corrected chi connectivity index (χ0v) is 15.3. The fourth-order valence-corrected chi connectivity index (χ4v) is 5.17. The minimum Gasteiger partial charge on any atom is -0.480 e. The van der Waals surface area contributed by atoms with Crippen LogP contribution in [0.1, 0.15) is 60.6 Å². The summed E-state index contributed by atoms with van der Waals surface area (Å²) in [4.78, 5) is 19.7. The van der Waals surface area contributed by atoms with Crippen LogP contribution in [0.2, 0.25) is 0 Å². The zero-order chi connectivity index (χ0) is 17.6. The van der Waals surface area contributed by atoms with E-state index in [9.17, 15) is 9.90 Å². The molecule has 5 heteroatoms. The van der Waals surface area contributed by atoms with E-state index in [1.165, 1.54) is 5.56 Å². The summed E-state index contributed by atoms with van der Waals surface area (Å²) in [5.41, 5.74) is 2.23. The number of aliphatic hydroxyl groups is 1. The monoisotopic (exact) mass is 344 g/mol. The molecule has 0 radical (unpaired) electrons. The van der Waals surface area contributed by atoms with Gasteiger partial charge in [0, 0.05) is 24.7 Å². The third kappa shape index (κ3) is 2.73. The van der Waals surface area contributed by atoms with Crippen molar-refractivity contribution < 1.29 is 14.6 Å². The van der Waals surface area contributed by atoms with Crippen LogP contribution < -0.4 is 4.74 Å². The first-order valence-corrected chi connectivity index (χ1v) is 9.64. The molecule has 0 spiro atoms. The second kappa shape index (κ2) is 6.27. The van der Waals surface area contributed by atoms with Crippen molar-refractivity contribution in [1.82, 2.24) is 9.88 Å². The number of amides is 1. The molecule has 1 aliphatic heterocycles. The number of hydrogen-bond donors (Lipinski definition) is 1. The number of carbonyl (C=O) groups excluding carboxylic acids is 1. The molecule has 1 N–H and O–H groups in total. The van der Waals surface area contributed by atoms with Crippen LogP contribution in [-0.4, -0.2) is 46.7 Å². The van der Waals surface area contributed by atoms with E-state index in [0.29, 0.717) is 23.9 Å². The van der Waals surface area contributed by atoms with Gasteiger partial charge in [0.05, 0.1) is 12.7 Å². The van der Waals surface area contributed by atoms with E-state index in [1.807, 2.05) is 11.0 Å². The van der Waals surface area contributed by atoms with Gasteiger partial charge in [0.2, 0.25) is 5.88 Å². The van der Waals surface area contributed by atoms with E-state index in [2.05, 4.69) is 11.9 Å². The fraction of sp³-hybridized carbons (Fsp3) is 0.700. The van der Waals surface area contributed by atoms with Crippen molar-refractivity contribution in [3.8, 4) is 5.88 Å². The number of nitrogens with zero attached hydrogens (tertiary/aromatic N) is 2.